The third kappa shape index (κ3) is 7.43. The number of halogens is 1. The zero-order chi connectivity index (χ0) is 23.2. The fraction of sp³-hybridized carbons (Fsp3) is 0.556. The molecule has 2 aromatic rings. The molecule has 0 amide bonds. The second-order valence-electron chi connectivity index (χ2n) is 9.98. The highest BCUT2D eigenvalue weighted by Gasteiger charge is 2.26. The number of piperazine rings is 1. The summed E-state index contributed by atoms with van der Waals surface area (Å²) in [5.74, 6) is 0.745. The molecule has 180 valence electrons. The highest BCUT2D eigenvalue weighted by atomic mass is 35.5. The zero-order valence-electron chi connectivity index (χ0n) is 20.2. The van der Waals surface area contributed by atoms with E-state index in [0.29, 0.717) is 6.04 Å². The van der Waals surface area contributed by atoms with Crippen LogP contribution in [0.5, 0.6) is 0 Å². The van der Waals surface area contributed by atoms with E-state index in [1.807, 2.05) is 19.2 Å². The van der Waals surface area contributed by atoms with Gasteiger partial charge >= 0.3 is 0 Å². The molecule has 0 radical (unpaired) electrons. The number of likely N-dealkylation sites (N-methyl/N-ethyl adjacent to an activating group) is 2. The number of rotatable bonds is 6. The minimum atomic E-state index is 0.501. The van der Waals surface area contributed by atoms with Crippen LogP contribution in [-0.4, -0.2) is 68.7 Å². The standard InChI is InChI=1S/C21H26ClN3.C6H14N2/c22-19-5-1-15(2-6-19)11-21-13-24-7-8-25(21)14-16-9-18(17-3-4-17)12-20(23)10-16;1-7-6-3-4-8(2)5-6/h1-2,5-6,9-10,12,17,21,24H,3-4,7-8,11,13-14,23H2;6-7H,3-5H2,1-2H3/t21-;/m0./s1. The summed E-state index contributed by atoms with van der Waals surface area (Å²) in [5, 5.41) is 7.59. The van der Waals surface area contributed by atoms with Gasteiger partial charge in [-0.05, 0) is 93.2 Å². The van der Waals surface area contributed by atoms with Gasteiger partial charge in [0.05, 0.1) is 0 Å². The Morgan fingerprint density at radius 2 is 1.85 bits per heavy atom. The van der Waals surface area contributed by atoms with E-state index in [1.54, 1.807) is 0 Å². The molecule has 4 N–H and O–H groups in total. The van der Waals surface area contributed by atoms with Crippen molar-refractivity contribution < 1.29 is 0 Å². The smallest absolute Gasteiger partial charge is 0.0406 e. The van der Waals surface area contributed by atoms with E-state index >= 15 is 0 Å². The van der Waals surface area contributed by atoms with Crippen LogP contribution >= 0.6 is 11.6 Å². The van der Waals surface area contributed by atoms with Gasteiger partial charge in [-0.2, -0.15) is 0 Å². The lowest BCUT2D eigenvalue weighted by Gasteiger charge is -2.36. The van der Waals surface area contributed by atoms with Gasteiger partial charge in [0, 0.05) is 55.5 Å². The first-order valence-electron chi connectivity index (χ1n) is 12.4. The Morgan fingerprint density at radius 1 is 1.06 bits per heavy atom. The van der Waals surface area contributed by atoms with Crippen molar-refractivity contribution in [3.8, 4) is 0 Å². The quantitative estimate of drug-likeness (QED) is 0.563. The number of hydrogen-bond donors (Lipinski definition) is 3. The minimum Gasteiger partial charge on any atom is -0.399 e. The summed E-state index contributed by atoms with van der Waals surface area (Å²) in [7, 11) is 4.20. The molecule has 2 aromatic carbocycles. The maximum atomic E-state index is 6.16. The van der Waals surface area contributed by atoms with Gasteiger partial charge in [0.15, 0.2) is 0 Å². The lowest BCUT2D eigenvalue weighted by Crippen LogP contribution is -2.51. The van der Waals surface area contributed by atoms with Crippen LogP contribution in [0.4, 0.5) is 5.69 Å². The van der Waals surface area contributed by atoms with Crippen LogP contribution in [0.1, 0.15) is 41.9 Å². The fourth-order valence-corrected chi connectivity index (χ4v) is 5.13. The molecule has 33 heavy (non-hydrogen) atoms. The highest BCUT2D eigenvalue weighted by Crippen LogP contribution is 2.41. The molecule has 3 aliphatic rings. The number of hydrogen-bond acceptors (Lipinski definition) is 5. The molecule has 5 nitrogen and oxygen atoms in total. The van der Waals surface area contributed by atoms with Crippen LogP contribution in [0.2, 0.25) is 5.02 Å². The largest absolute Gasteiger partial charge is 0.399 e. The molecule has 2 saturated heterocycles. The van der Waals surface area contributed by atoms with E-state index in [0.717, 1.165) is 55.3 Å². The number of nitrogens with two attached hydrogens (primary N) is 1. The SMILES string of the molecule is CNC1CCN(C)C1.Nc1cc(CN2CCNC[C@@H]2Cc2ccc(Cl)cc2)cc(C2CC2)c1. The van der Waals surface area contributed by atoms with Crippen LogP contribution in [-0.2, 0) is 13.0 Å². The maximum Gasteiger partial charge on any atom is 0.0406 e. The third-order valence-corrected chi connectivity index (χ3v) is 7.38. The summed E-state index contributed by atoms with van der Waals surface area (Å²) in [6, 6.07) is 16.2. The van der Waals surface area contributed by atoms with Crippen molar-refractivity contribution in [2.75, 3.05) is 52.6 Å². The summed E-state index contributed by atoms with van der Waals surface area (Å²) < 4.78 is 0. The monoisotopic (exact) mass is 469 g/mol. The molecular formula is C27H40ClN5. The molecule has 1 unspecified atom stereocenters. The van der Waals surface area contributed by atoms with Crippen molar-refractivity contribution in [1.82, 2.24) is 20.4 Å². The van der Waals surface area contributed by atoms with Crippen LogP contribution in [0.3, 0.4) is 0 Å². The van der Waals surface area contributed by atoms with Crippen LogP contribution < -0.4 is 16.4 Å². The molecule has 1 aliphatic carbocycles. The number of likely N-dealkylation sites (tertiary alicyclic amines) is 1. The first kappa shape index (κ1) is 24.5. The van der Waals surface area contributed by atoms with Crippen molar-refractivity contribution in [3.05, 3.63) is 64.2 Å². The van der Waals surface area contributed by atoms with Gasteiger partial charge in [-0.15, -0.1) is 0 Å². The second kappa shape index (κ2) is 11.7. The summed E-state index contributed by atoms with van der Waals surface area (Å²) in [6.07, 6.45) is 4.99. The Morgan fingerprint density at radius 3 is 2.48 bits per heavy atom. The zero-order valence-corrected chi connectivity index (χ0v) is 21.0. The topological polar surface area (TPSA) is 56.6 Å². The molecule has 3 fully saturated rings. The molecule has 5 rings (SSSR count). The average molecular weight is 470 g/mol. The molecule has 2 aliphatic heterocycles. The third-order valence-electron chi connectivity index (χ3n) is 7.13. The van der Waals surface area contributed by atoms with E-state index in [-0.39, 0.29) is 0 Å². The summed E-state index contributed by atoms with van der Waals surface area (Å²) in [5.41, 5.74) is 11.2. The van der Waals surface area contributed by atoms with Crippen LogP contribution in [0.15, 0.2) is 42.5 Å². The Balaban J connectivity index is 0.000000275. The number of benzene rings is 2. The lowest BCUT2D eigenvalue weighted by molar-refractivity contribution is 0.152. The number of nitrogens with zero attached hydrogens (tertiary/aromatic N) is 2. The minimum absolute atomic E-state index is 0.501. The summed E-state index contributed by atoms with van der Waals surface area (Å²) >= 11 is 6.02. The number of nitrogen functional groups attached to an aromatic ring is 1. The first-order valence-corrected chi connectivity index (χ1v) is 12.8. The Labute approximate surface area is 204 Å². The van der Waals surface area contributed by atoms with E-state index < -0.39 is 0 Å². The van der Waals surface area contributed by atoms with E-state index in [9.17, 15) is 0 Å². The molecule has 0 spiro atoms. The average Bonchev–Trinajstić information content (AvgIpc) is 3.58. The predicted molar refractivity (Wildman–Crippen MR) is 140 cm³/mol. The molecule has 2 atom stereocenters. The van der Waals surface area contributed by atoms with E-state index in [4.69, 9.17) is 17.3 Å². The van der Waals surface area contributed by atoms with Gasteiger partial charge in [-0.3, -0.25) is 4.90 Å². The fourth-order valence-electron chi connectivity index (χ4n) is 5.00. The molecule has 0 bridgehead atoms. The van der Waals surface area contributed by atoms with E-state index in [2.05, 4.69) is 57.8 Å². The Bertz CT molecular complexity index is 883. The number of nitrogens with one attached hydrogen (secondary N) is 2. The Kier molecular flexibility index (Phi) is 8.67. The highest BCUT2D eigenvalue weighted by molar-refractivity contribution is 6.30. The van der Waals surface area contributed by atoms with E-state index in [1.165, 1.54) is 49.0 Å². The van der Waals surface area contributed by atoms with Gasteiger partial charge in [-0.25, -0.2) is 0 Å². The predicted octanol–water partition coefficient (Wildman–Crippen LogP) is 3.73. The van der Waals surface area contributed by atoms with Gasteiger partial charge < -0.3 is 21.3 Å². The normalized spacial score (nSPS) is 23.8. The molecule has 6 heteroatoms. The molecular weight excluding hydrogens is 430 g/mol. The Hall–Kier alpha value is -1.63. The molecule has 0 aromatic heterocycles. The summed E-state index contributed by atoms with van der Waals surface area (Å²) in [6.45, 7) is 6.61. The molecule has 2 heterocycles. The van der Waals surface area contributed by atoms with Gasteiger partial charge in [0.2, 0.25) is 0 Å². The van der Waals surface area contributed by atoms with Crippen LogP contribution in [0.25, 0.3) is 0 Å². The number of anilines is 1. The first-order chi connectivity index (χ1) is 16.0. The summed E-state index contributed by atoms with van der Waals surface area (Å²) in [4.78, 5) is 4.94. The van der Waals surface area contributed by atoms with Crippen LogP contribution in [0, 0.1) is 0 Å². The van der Waals surface area contributed by atoms with Crippen molar-refractivity contribution in [2.45, 2.75) is 50.2 Å². The van der Waals surface area contributed by atoms with Gasteiger partial charge in [0.1, 0.15) is 0 Å². The maximum absolute atomic E-state index is 6.16. The van der Waals surface area contributed by atoms with Crippen molar-refractivity contribution in [3.63, 3.8) is 0 Å². The van der Waals surface area contributed by atoms with Gasteiger partial charge in [0.25, 0.3) is 0 Å². The van der Waals surface area contributed by atoms with Crippen molar-refractivity contribution in [2.24, 2.45) is 0 Å². The lowest BCUT2D eigenvalue weighted by atomic mass is 10.0. The van der Waals surface area contributed by atoms with Crippen molar-refractivity contribution >= 4 is 17.3 Å². The van der Waals surface area contributed by atoms with Crippen molar-refractivity contribution in [1.29, 1.82) is 0 Å². The van der Waals surface area contributed by atoms with Gasteiger partial charge in [-0.1, -0.05) is 29.8 Å². The second-order valence-corrected chi connectivity index (χ2v) is 10.4. The molecule has 1 saturated carbocycles.